The van der Waals surface area contributed by atoms with Gasteiger partial charge in [-0.3, -0.25) is 4.79 Å². The lowest BCUT2D eigenvalue weighted by atomic mass is 10.1. The van der Waals surface area contributed by atoms with E-state index in [2.05, 4.69) is 26.3 Å². The molecule has 17 heavy (non-hydrogen) atoms. The summed E-state index contributed by atoms with van der Waals surface area (Å²) in [6, 6.07) is 0.542. The second kappa shape index (κ2) is 4.12. The van der Waals surface area contributed by atoms with E-state index < -0.39 is 0 Å². The third-order valence-electron chi connectivity index (χ3n) is 3.66. The maximum atomic E-state index is 11.8. The van der Waals surface area contributed by atoms with E-state index in [1.54, 1.807) is 13.2 Å². The fraction of sp³-hybridized carbons (Fsp3) is 0.667. The molecule has 5 heteroatoms. The molecule has 0 bridgehead atoms. The molecule has 3 rings (SSSR count). The highest BCUT2D eigenvalue weighted by Gasteiger charge is 2.41. The normalized spacial score (nSPS) is 19.7. The molecule has 2 aliphatic carbocycles. The molecule has 0 spiro atoms. The third kappa shape index (κ3) is 2.25. The monoisotopic (exact) mass is 297 g/mol. The summed E-state index contributed by atoms with van der Waals surface area (Å²) in [6.45, 7) is 0. The number of halogens is 1. The number of nitrogens with zero attached hydrogens (tertiary/aromatic N) is 2. The quantitative estimate of drug-likeness (QED) is 0.926. The Morgan fingerprint density at radius 2 is 2.00 bits per heavy atom. The largest absolute Gasteiger partial charge is 0.379 e. The summed E-state index contributed by atoms with van der Waals surface area (Å²) in [6.07, 6.45) is 7.03. The summed E-state index contributed by atoms with van der Waals surface area (Å²) in [4.78, 5) is 11.8. The average molecular weight is 298 g/mol. The number of aromatic nitrogens is 2. The van der Waals surface area contributed by atoms with Crippen molar-refractivity contribution in [3.05, 3.63) is 21.0 Å². The molecule has 0 saturated heterocycles. The molecule has 2 aliphatic rings. The highest BCUT2D eigenvalue weighted by molar-refractivity contribution is 9.10. The van der Waals surface area contributed by atoms with Crippen molar-refractivity contribution in [3.63, 3.8) is 0 Å². The summed E-state index contributed by atoms with van der Waals surface area (Å²) >= 11 is 3.36. The highest BCUT2D eigenvalue weighted by Crippen LogP contribution is 2.46. The van der Waals surface area contributed by atoms with Gasteiger partial charge in [0.2, 0.25) is 0 Å². The molecule has 0 amide bonds. The van der Waals surface area contributed by atoms with Crippen molar-refractivity contribution < 1.29 is 0 Å². The fourth-order valence-corrected chi connectivity index (χ4v) is 2.80. The smallest absolute Gasteiger partial charge is 0.282 e. The standard InChI is InChI=1S/C12H16BrN3O/c1-16-12(17)10(13)9(6-14-16)15-11(7-2-3-7)8-4-5-8/h6-8,11,15H,2-5H2,1H3. The van der Waals surface area contributed by atoms with Crippen LogP contribution in [0.3, 0.4) is 0 Å². The average Bonchev–Trinajstić information content (AvgIpc) is 3.16. The van der Waals surface area contributed by atoms with Gasteiger partial charge in [0, 0.05) is 13.1 Å². The summed E-state index contributed by atoms with van der Waals surface area (Å²) in [7, 11) is 1.66. The fourth-order valence-electron chi connectivity index (χ4n) is 2.32. The minimum atomic E-state index is -0.0830. The number of hydrogen-bond donors (Lipinski definition) is 1. The van der Waals surface area contributed by atoms with Gasteiger partial charge in [-0.25, -0.2) is 4.68 Å². The molecule has 2 saturated carbocycles. The van der Waals surface area contributed by atoms with Gasteiger partial charge in [-0.15, -0.1) is 0 Å². The maximum absolute atomic E-state index is 11.8. The van der Waals surface area contributed by atoms with Crippen LogP contribution in [0.25, 0.3) is 0 Å². The zero-order valence-corrected chi connectivity index (χ0v) is 11.4. The molecule has 0 aliphatic heterocycles. The molecule has 1 aromatic heterocycles. The molecule has 0 aromatic carbocycles. The van der Waals surface area contributed by atoms with Gasteiger partial charge in [0.05, 0.1) is 11.9 Å². The van der Waals surface area contributed by atoms with Crippen LogP contribution in [-0.4, -0.2) is 15.8 Å². The Kier molecular flexibility index (Phi) is 2.73. The van der Waals surface area contributed by atoms with Crippen LogP contribution in [0.15, 0.2) is 15.5 Å². The van der Waals surface area contributed by atoms with Gasteiger partial charge in [0.1, 0.15) is 4.47 Å². The van der Waals surface area contributed by atoms with Crippen molar-refractivity contribution in [3.8, 4) is 0 Å². The van der Waals surface area contributed by atoms with Crippen molar-refractivity contribution in [2.24, 2.45) is 18.9 Å². The Morgan fingerprint density at radius 3 is 2.53 bits per heavy atom. The third-order valence-corrected chi connectivity index (χ3v) is 4.43. The molecule has 1 aromatic rings. The van der Waals surface area contributed by atoms with Crippen LogP contribution in [0.4, 0.5) is 5.69 Å². The predicted octanol–water partition coefficient (Wildman–Crippen LogP) is 2.14. The van der Waals surface area contributed by atoms with E-state index in [4.69, 9.17) is 0 Å². The van der Waals surface area contributed by atoms with Gasteiger partial charge in [0.15, 0.2) is 0 Å². The second-order valence-electron chi connectivity index (χ2n) is 5.15. The predicted molar refractivity (Wildman–Crippen MR) is 70.0 cm³/mol. The van der Waals surface area contributed by atoms with Crippen LogP contribution >= 0.6 is 15.9 Å². The molecule has 1 heterocycles. The first-order valence-electron chi connectivity index (χ1n) is 6.15. The first kappa shape index (κ1) is 11.3. The number of aryl methyl sites for hydroxylation is 1. The first-order valence-corrected chi connectivity index (χ1v) is 6.94. The van der Waals surface area contributed by atoms with Crippen LogP contribution in [0.2, 0.25) is 0 Å². The Labute approximate surface area is 109 Å². The van der Waals surface area contributed by atoms with Crippen molar-refractivity contribution in [2.45, 2.75) is 31.7 Å². The minimum Gasteiger partial charge on any atom is -0.379 e. The van der Waals surface area contributed by atoms with E-state index in [1.165, 1.54) is 30.4 Å². The van der Waals surface area contributed by atoms with E-state index in [0.29, 0.717) is 10.5 Å². The van der Waals surface area contributed by atoms with Gasteiger partial charge in [-0.1, -0.05) is 0 Å². The van der Waals surface area contributed by atoms with Crippen molar-refractivity contribution in [1.82, 2.24) is 9.78 Å². The number of hydrogen-bond acceptors (Lipinski definition) is 3. The number of nitrogens with one attached hydrogen (secondary N) is 1. The van der Waals surface area contributed by atoms with Crippen LogP contribution in [0.5, 0.6) is 0 Å². The van der Waals surface area contributed by atoms with Crippen LogP contribution in [0, 0.1) is 11.8 Å². The van der Waals surface area contributed by atoms with Crippen molar-refractivity contribution in [2.75, 3.05) is 5.32 Å². The van der Waals surface area contributed by atoms with E-state index in [1.807, 2.05) is 0 Å². The molecule has 92 valence electrons. The van der Waals surface area contributed by atoms with Gasteiger partial charge in [-0.05, 0) is 53.4 Å². The van der Waals surface area contributed by atoms with Crippen LogP contribution < -0.4 is 10.9 Å². The summed E-state index contributed by atoms with van der Waals surface area (Å²) in [5.41, 5.74) is 0.761. The summed E-state index contributed by atoms with van der Waals surface area (Å²) < 4.78 is 1.94. The SMILES string of the molecule is Cn1ncc(NC(C2CC2)C2CC2)c(Br)c1=O. The van der Waals surface area contributed by atoms with Crippen molar-refractivity contribution in [1.29, 1.82) is 0 Å². The summed E-state index contributed by atoms with van der Waals surface area (Å²) in [5.74, 6) is 1.61. The molecule has 2 fully saturated rings. The maximum Gasteiger partial charge on any atom is 0.282 e. The highest BCUT2D eigenvalue weighted by atomic mass is 79.9. The molecule has 4 nitrogen and oxygen atoms in total. The molecule has 1 N–H and O–H groups in total. The molecular formula is C12H16BrN3O. The van der Waals surface area contributed by atoms with Gasteiger partial charge in [0.25, 0.3) is 5.56 Å². The first-order chi connectivity index (χ1) is 8.16. The topological polar surface area (TPSA) is 46.9 Å². The Hall–Kier alpha value is -0.840. The van der Waals surface area contributed by atoms with Crippen molar-refractivity contribution >= 4 is 21.6 Å². The van der Waals surface area contributed by atoms with E-state index in [-0.39, 0.29) is 5.56 Å². The molecule has 0 radical (unpaired) electrons. The van der Waals surface area contributed by atoms with Gasteiger partial charge >= 0.3 is 0 Å². The lowest BCUT2D eigenvalue weighted by molar-refractivity contribution is 0.565. The summed E-state index contributed by atoms with van der Waals surface area (Å²) in [5, 5.41) is 7.58. The minimum absolute atomic E-state index is 0.0830. The van der Waals surface area contributed by atoms with Gasteiger partial charge in [-0.2, -0.15) is 5.10 Å². The molecule has 0 atom stereocenters. The Balaban J connectivity index is 1.84. The Bertz CT molecular complexity index is 479. The molecule has 0 unspecified atom stereocenters. The number of rotatable bonds is 4. The molecular weight excluding hydrogens is 282 g/mol. The van der Waals surface area contributed by atoms with Gasteiger partial charge < -0.3 is 5.32 Å². The zero-order valence-electron chi connectivity index (χ0n) is 9.82. The Morgan fingerprint density at radius 1 is 1.41 bits per heavy atom. The second-order valence-corrected chi connectivity index (χ2v) is 5.94. The lowest BCUT2D eigenvalue weighted by Crippen LogP contribution is -2.27. The van der Waals surface area contributed by atoms with E-state index in [0.717, 1.165) is 17.5 Å². The lowest BCUT2D eigenvalue weighted by Gasteiger charge is -2.19. The van der Waals surface area contributed by atoms with Crippen LogP contribution in [0.1, 0.15) is 25.7 Å². The van der Waals surface area contributed by atoms with Crippen LogP contribution in [-0.2, 0) is 7.05 Å². The zero-order chi connectivity index (χ0) is 12.0. The van der Waals surface area contributed by atoms with E-state index in [9.17, 15) is 4.79 Å². The number of anilines is 1. The van der Waals surface area contributed by atoms with E-state index >= 15 is 0 Å².